The van der Waals surface area contributed by atoms with E-state index in [0.717, 1.165) is 51.7 Å². The predicted octanol–water partition coefficient (Wildman–Crippen LogP) is 1.33. The standard InChI is InChI=1S/C18H29N3O2/c22-17(14-5-6-14)20-10-3-4-15(12-20)18(23)21-11-7-16(13-21)19-8-1-2-9-19/h14-16H,1-13H2/t15-,16-/m0/s1. The normalized spacial score (nSPS) is 32.5. The highest BCUT2D eigenvalue weighted by atomic mass is 16.2. The van der Waals surface area contributed by atoms with Gasteiger partial charge < -0.3 is 9.80 Å². The highest BCUT2D eigenvalue weighted by Gasteiger charge is 2.39. The van der Waals surface area contributed by atoms with Gasteiger partial charge >= 0.3 is 0 Å². The van der Waals surface area contributed by atoms with Gasteiger partial charge in [-0.2, -0.15) is 0 Å². The lowest BCUT2D eigenvalue weighted by atomic mass is 9.96. The summed E-state index contributed by atoms with van der Waals surface area (Å²) in [5.74, 6) is 0.929. The first kappa shape index (κ1) is 15.4. The van der Waals surface area contributed by atoms with Gasteiger partial charge in [0.05, 0.1) is 5.92 Å². The van der Waals surface area contributed by atoms with E-state index in [4.69, 9.17) is 0 Å². The van der Waals surface area contributed by atoms with Crippen LogP contribution in [-0.4, -0.2) is 71.8 Å². The monoisotopic (exact) mass is 319 g/mol. The molecule has 2 atom stereocenters. The van der Waals surface area contributed by atoms with Gasteiger partial charge in [0.25, 0.3) is 0 Å². The van der Waals surface area contributed by atoms with E-state index in [0.29, 0.717) is 24.4 Å². The van der Waals surface area contributed by atoms with Crippen molar-refractivity contribution >= 4 is 11.8 Å². The summed E-state index contributed by atoms with van der Waals surface area (Å²) in [4.78, 5) is 31.8. The van der Waals surface area contributed by atoms with E-state index in [-0.39, 0.29) is 11.8 Å². The largest absolute Gasteiger partial charge is 0.342 e. The molecule has 0 spiro atoms. The predicted molar refractivity (Wildman–Crippen MR) is 87.8 cm³/mol. The van der Waals surface area contributed by atoms with Crippen molar-refractivity contribution in [3.05, 3.63) is 0 Å². The Hall–Kier alpha value is -1.10. The molecule has 5 heteroatoms. The van der Waals surface area contributed by atoms with Gasteiger partial charge in [0.15, 0.2) is 0 Å². The number of carbonyl (C=O) groups is 2. The van der Waals surface area contributed by atoms with Gasteiger partial charge in [-0.25, -0.2) is 0 Å². The molecule has 3 heterocycles. The van der Waals surface area contributed by atoms with Crippen molar-refractivity contribution in [3.63, 3.8) is 0 Å². The quantitative estimate of drug-likeness (QED) is 0.788. The number of hydrogen-bond acceptors (Lipinski definition) is 3. The molecule has 0 N–H and O–H groups in total. The van der Waals surface area contributed by atoms with Gasteiger partial charge in [0.1, 0.15) is 0 Å². The number of piperidine rings is 1. The van der Waals surface area contributed by atoms with Crippen molar-refractivity contribution in [3.8, 4) is 0 Å². The Labute approximate surface area is 139 Å². The van der Waals surface area contributed by atoms with E-state index in [2.05, 4.69) is 9.80 Å². The summed E-state index contributed by atoms with van der Waals surface area (Å²) < 4.78 is 0. The molecule has 3 saturated heterocycles. The minimum absolute atomic E-state index is 0.0452. The average Bonchev–Trinajstić information content (AvgIpc) is 3.09. The van der Waals surface area contributed by atoms with Crippen LogP contribution >= 0.6 is 0 Å². The Morgan fingerprint density at radius 2 is 1.35 bits per heavy atom. The van der Waals surface area contributed by atoms with Crippen molar-refractivity contribution in [1.29, 1.82) is 0 Å². The van der Waals surface area contributed by atoms with Gasteiger partial charge in [-0.05, 0) is 58.0 Å². The highest BCUT2D eigenvalue weighted by molar-refractivity contribution is 5.83. The molecule has 0 aromatic carbocycles. The first-order valence-electron chi connectivity index (χ1n) is 9.54. The van der Waals surface area contributed by atoms with Gasteiger partial charge in [-0.1, -0.05) is 0 Å². The minimum atomic E-state index is 0.0452. The summed E-state index contributed by atoms with van der Waals surface area (Å²) in [6, 6.07) is 0.578. The molecule has 4 rings (SSSR count). The smallest absolute Gasteiger partial charge is 0.227 e. The maximum Gasteiger partial charge on any atom is 0.227 e. The zero-order valence-corrected chi connectivity index (χ0v) is 14.1. The summed E-state index contributed by atoms with van der Waals surface area (Å²) in [5, 5.41) is 0. The molecule has 1 saturated carbocycles. The van der Waals surface area contributed by atoms with E-state index in [1.165, 1.54) is 25.9 Å². The molecular formula is C18H29N3O2. The van der Waals surface area contributed by atoms with Gasteiger partial charge in [0.2, 0.25) is 11.8 Å². The van der Waals surface area contributed by atoms with Crippen molar-refractivity contribution in [1.82, 2.24) is 14.7 Å². The van der Waals surface area contributed by atoms with Crippen LogP contribution in [0.4, 0.5) is 0 Å². The molecule has 0 bridgehead atoms. The molecule has 23 heavy (non-hydrogen) atoms. The van der Waals surface area contributed by atoms with Crippen LogP contribution in [0.2, 0.25) is 0 Å². The van der Waals surface area contributed by atoms with Crippen LogP contribution in [0.25, 0.3) is 0 Å². The van der Waals surface area contributed by atoms with Crippen molar-refractivity contribution in [2.45, 2.75) is 51.0 Å². The lowest BCUT2D eigenvalue weighted by Gasteiger charge is -2.34. The zero-order chi connectivity index (χ0) is 15.8. The first-order valence-corrected chi connectivity index (χ1v) is 9.54. The molecular weight excluding hydrogens is 290 g/mol. The number of nitrogens with zero attached hydrogens (tertiary/aromatic N) is 3. The van der Waals surface area contributed by atoms with E-state index in [9.17, 15) is 9.59 Å². The maximum absolute atomic E-state index is 12.9. The summed E-state index contributed by atoms with van der Waals surface area (Å²) in [7, 11) is 0. The molecule has 2 amide bonds. The Morgan fingerprint density at radius 3 is 2.09 bits per heavy atom. The first-order chi connectivity index (χ1) is 11.2. The molecule has 0 unspecified atom stereocenters. The van der Waals surface area contributed by atoms with E-state index in [1.54, 1.807) is 0 Å². The van der Waals surface area contributed by atoms with Crippen molar-refractivity contribution < 1.29 is 9.59 Å². The van der Waals surface area contributed by atoms with Crippen LogP contribution in [0, 0.1) is 11.8 Å². The third-order valence-electron chi connectivity index (χ3n) is 6.14. The van der Waals surface area contributed by atoms with E-state index >= 15 is 0 Å². The number of likely N-dealkylation sites (tertiary alicyclic amines) is 3. The molecule has 1 aliphatic carbocycles. The van der Waals surface area contributed by atoms with Crippen molar-refractivity contribution in [2.24, 2.45) is 11.8 Å². The van der Waals surface area contributed by atoms with Gasteiger partial charge in [-0.3, -0.25) is 14.5 Å². The second-order valence-electron chi connectivity index (χ2n) is 7.87. The number of rotatable bonds is 3. The van der Waals surface area contributed by atoms with Gasteiger partial charge in [0, 0.05) is 38.1 Å². The Balaban J connectivity index is 1.32. The van der Waals surface area contributed by atoms with Gasteiger partial charge in [-0.15, -0.1) is 0 Å². The number of hydrogen-bond donors (Lipinski definition) is 0. The van der Waals surface area contributed by atoms with Crippen LogP contribution in [0.3, 0.4) is 0 Å². The molecule has 0 aromatic heterocycles. The zero-order valence-electron chi connectivity index (χ0n) is 14.1. The SMILES string of the molecule is O=C(C1CC1)N1CCC[C@H](C(=O)N2CC[C@H](N3CCCC3)C2)C1. The Morgan fingerprint density at radius 1 is 0.652 bits per heavy atom. The molecule has 0 aromatic rings. The fourth-order valence-corrected chi connectivity index (χ4v) is 4.57. The van der Waals surface area contributed by atoms with Crippen LogP contribution in [0.15, 0.2) is 0 Å². The molecule has 4 fully saturated rings. The summed E-state index contributed by atoms with van der Waals surface area (Å²) in [6.45, 7) is 5.76. The summed E-state index contributed by atoms with van der Waals surface area (Å²) >= 11 is 0. The summed E-state index contributed by atoms with van der Waals surface area (Å²) in [6.07, 6.45) is 7.80. The van der Waals surface area contributed by atoms with Crippen LogP contribution in [0.5, 0.6) is 0 Å². The minimum Gasteiger partial charge on any atom is -0.342 e. The maximum atomic E-state index is 12.9. The molecule has 0 radical (unpaired) electrons. The lowest BCUT2D eigenvalue weighted by molar-refractivity contribution is -0.140. The number of carbonyl (C=O) groups excluding carboxylic acids is 2. The van der Waals surface area contributed by atoms with Crippen molar-refractivity contribution in [2.75, 3.05) is 39.3 Å². The van der Waals surface area contributed by atoms with E-state index < -0.39 is 0 Å². The fraction of sp³-hybridized carbons (Fsp3) is 0.889. The van der Waals surface area contributed by atoms with Crippen LogP contribution < -0.4 is 0 Å². The summed E-state index contributed by atoms with van der Waals surface area (Å²) in [5.41, 5.74) is 0. The average molecular weight is 319 g/mol. The van der Waals surface area contributed by atoms with Crippen LogP contribution in [0.1, 0.15) is 44.9 Å². The third-order valence-corrected chi connectivity index (χ3v) is 6.14. The van der Waals surface area contributed by atoms with Crippen LogP contribution in [-0.2, 0) is 9.59 Å². The Kier molecular flexibility index (Phi) is 4.31. The highest BCUT2D eigenvalue weighted by Crippen LogP contribution is 2.33. The molecule has 5 nitrogen and oxygen atoms in total. The third kappa shape index (κ3) is 3.25. The number of amides is 2. The fourth-order valence-electron chi connectivity index (χ4n) is 4.57. The second-order valence-corrected chi connectivity index (χ2v) is 7.87. The Bertz CT molecular complexity index is 471. The molecule has 128 valence electrons. The van der Waals surface area contributed by atoms with E-state index in [1.807, 2.05) is 4.90 Å². The second kappa shape index (κ2) is 6.42. The molecule has 4 aliphatic rings. The molecule has 3 aliphatic heterocycles. The lowest BCUT2D eigenvalue weighted by Crippen LogP contribution is -2.47. The topological polar surface area (TPSA) is 43.9 Å².